The third kappa shape index (κ3) is 1.86. The van der Waals surface area contributed by atoms with Crippen LogP contribution >= 0.6 is 11.8 Å². The van der Waals surface area contributed by atoms with Gasteiger partial charge in [0.25, 0.3) is 0 Å². The zero-order valence-corrected chi connectivity index (χ0v) is 10.0. The first-order valence-electron chi connectivity index (χ1n) is 4.83. The van der Waals surface area contributed by atoms with Gasteiger partial charge in [0.1, 0.15) is 5.75 Å². The fourth-order valence-electron chi connectivity index (χ4n) is 1.52. The molecule has 82 valence electrons. The Morgan fingerprint density at radius 3 is 3.06 bits per heavy atom. The van der Waals surface area contributed by atoms with Crippen LogP contribution in [0.15, 0.2) is 23.4 Å². The van der Waals surface area contributed by atoms with E-state index < -0.39 is 0 Å². The Hall–Kier alpha value is -1.60. The molecule has 0 unspecified atom stereocenters. The number of hydrogen-bond acceptors (Lipinski definition) is 3. The van der Waals surface area contributed by atoms with E-state index in [2.05, 4.69) is 10.9 Å². The standard InChI is InChI=1S/C12H12N2OS/c1-4-7-16-12-13-10-8-9(15-3)5-6-11(10)14(12)2/h1,5-6,8H,7H2,2-3H3. The summed E-state index contributed by atoms with van der Waals surface area (Å²) in [6.45, 7) is 0. The molecule has 0 spiro atoms. The Balaban J connectivity index is 2.46. The van der Waals surface area contributed by atoms with Crippen LogP contribution in [-0.4, -0.2) is 22.4 Å². The summed E-state index contributed by atoms with van der Waals surface area (Å²) in [5.74, 6) is 4.05. The van der Waals surface area contributed by atoms with E-state index in [0.29, 0.717) is 5.75 Å². The minimum absolute atomic E-state index is 0.633. The lowest BCUT2D eigenvalue weighted by molar-refractivity contribution is 0.415. The molecule has 2 aromatic rings. The zero-order valence-electron chi connectivity index (χ0n) is 9.23. The molecular weight excluding hydrogens is 220 g/mol. The zero-order chi connectivity index (χ0) is 11.5. The number of aromatic nitrogens is 2. The number of aryl methyl sites for hydroxylation is 1. The van der Waals surface area contributed by atoms with Crippen molar-refractivity contribution in [3.05, 3.63) is 18.2 Å². The third-order valence-electron chi connectivity index (χ3n) is 2.33. The maximum absolute atomic E-state index is 5.24. The van der Waals surface area contributed by atoms with Crippen molar-refractivity contribution in [3.63, 3.8) is 0 Å². The van der Waals surface area contributed by atoms with Gasteiger partial charge in [-0.05, 0) is 12.1 Å². The van der Waals surface area contributed by atoms with Crippen LogP contribution in [0, 0.1) is 12.3 Å². The minimum Gasteiger partial charge on any atom is -0.497 e. The van der Waals surface area contributed by atoms with Gasteiger partial charge in [-0.1, -0.05) is 17.7 Å². The molecule has 0 bridgehead atoms. The summed E-state index contributed by atoms with van der Waals surface area (Å²) in [6.07, 6.45) is 5.24. The highest BCUT2D eigenvalue weighted by atomic mass is 32.2. The predicted octanol–water partition coefficient (Wildman–Crippen LogP) is 2.31. The van der Waals surface area contributed by atoms with Crippen LogP contribution in [0.1, 0.15) is 0 Å². The van der Waals surface area contributed by atoms with Gasteiger partial charge in [-0.2, -0.15) is 0 Å². The number of thioether (sulfide) groups is 1. The number of terminal acetylenes is 1. The molecule has 0 aliphatic carbocycles. The largest absolute Gasteiger partial charge is 0.497 e. The van der Waals surface area contributed by atoms with E-state index in [-0.39, 0.29) is 0 Å². The molecule has 1 aromatic heterocycles. The van der Waals surface area contributed by atoms with Crippen LogP contribution in [-0.2, 0) is 7.05 Å². The maximum Gasteiger partial charge on any atom is 0.169 e. The molecule has 0 aliphatic heterocycles. The van der Waals surface area contributed by atoms with Crippen molar-refractivity contribution < 1.29 is 4.74 Å². The second kappa shape index (κ2) is 4.50. The number of hydrogen-bond donors (Lipinski definition) is 0. The van der Waals surface area contributed by atoms with Gasteiger partial charge in [-0.25, -0.2) is 4.98 Å². The van der Waals surface area contributed by atoms with Crippen molar-refractivity contribution in [1.29, 1.82) is 0 Å². The first-order chi connectivity index (χ1) is 7.76. The molecule has 0 aliphatic rings. The van der Waals surface area contributed by atoms with Gasteiger partial charge in [0.05, 0.1) is 23.9 Å². The van der Waals surface area contributed by atoms with Crippen molar-refractivity contribution in [2.24, 2.45) is 7.05 Å². The van der Waals surface area contributed by atoms with Crippen LogP contribution in [0.4, 0.5) is 0 Å². The molecule has 0 fully saturated rings. The summed E-state index contributed by atoms with van der Waals surface area (Å²) < 4.78 is 7.20. The van der Waals surface area contributed by atoms with E-state index in [9.17, 15) is 0 Å². The Morgan fingerprint density at radius 1 is 1.56 bits per heavy atom. The number of benzene rings is 1. The molecule has 0 amide bonds. The molecular formula is C12H12N2OS. The highest BCUT2D eigenvalue weighted by Gasteiger charge is 2.08. The number of imidazole rings is 1. The molecule has 0 saturated carbocycles. The number of rotatable bonds is 3. The van der Waals surface area contributed by atoms with Crippen LogP contribution in [0.3, 0.4) is 0 Å². The minimum atomic E-state index is 0.633. The van der Waals surface area contributed by atoms with Crippen LogP contribution in [0.25, 0.3) is 11.0 Å². The summed E-state index contributed by atoms with van der Waals surface area (Å²) in [5, 5.41) is 0.932. The molecule has 0 saturated heterocycles. The van der Waals surface area contributed by atoms with Crippen LogP contribution in [0.5, 0.6) is 5.75 Å². The second-order valence-corrected chi connectivity index (χ2v) is 4.24. The highest BCUT2D eigenvalue weighted by Crippen LogP contribution is 2.25. The Morgan fingerprint density at radius 2 is 2.38 bits per heavy atom. The molecule has 3 nitrogen and oxygen atoms in total. The van der Waals surface area contributed by atoms with Crippen molar-refractivity contribution in [1.82, 2.24) is 9.55 Å². The average molecular weight is 232 g/mol. The van der Waals surface area contributed by atoms with E-state index in [1.54, 1.807) is 18.9 Å². The first-order valence-corrected chi connectivity index (χ1v) is 5.81. The van der Waals surface area contributed by atoms with E-state index >= 15 is 0 Å². The first kappa shape index (κ1) is 10.9. The molecule has 0 radical (unpaired) electrons. The van der Waals surface area contributed by atoms with Crippen molar-refractivity contribution in [2.75, 3.05) is 12.9 Å². The third-order valence-corrected chi connectivity index (χ3v) is 3.27. The lowest BCUT2D eigenvalue weighted by atomic mass is 10.3. The van der Waals surface area contributed by atoms with Crippen LogP contribution < -0.4 is 4.74 Å². The molecule has 0 N–H and O–H groups in total. The smallest absolute Gasteiger partial charge is 0.169 e. The molecule has 1 heterocycles. The molecule has 4 heteroatoms. The Labute approximate surface area is 98.8 Å². The normalized spacial score (nSPS) is 10.3. The van der Waals surface area contributed by atoms with E-state index in [1.807, 2.05) is 29.8 Å². The quantitative estimate of drug-likeness (QED) is 0.600. The van der Waals surface area contributed by atoms with Crippen molar-refractivity contribution >= 4 is 22.8 Å². The van der Waals surface area contributed by atoms with E-state index in [4.69, 9.17) is 11.2 Å². The summed E-state index contributed by atoms with van der Waals surface area (Å²) >= 11 is 1.56. The fourth-order valence-corrected chi connectivity index (χ4v) is 2.19. The van der Waals surface area contributed by atoms with E-state index in [1.165, 1.54) is 0 Å². The van der Waals surface area contributed by atoms with E-state index in [0.717, 1.165) is 21.9 Å². The van der Waals surface area contributed by atoms with Gasteiger partial charge in [0.15, 0.2) is 5.16 Å². The van der Waals surface area contributed by atoms with Crippen molar-refractivity contribution in [2.45, 2.75) is 5.16 Å². The lowest BCUT2D eigenvalue weighted by Gasteiger charge is -2.00. The average Bonchev–Trinajstić information content (AvgIpc) is 2.63. The summed E-state index contributed by atoms with van der Waals surface area (Å²) in [7, 11) is 3.64. The van der Waals surface area contributed by atoms with Gasteiger partial charge < -0.3 is 9.30 Å². The highest BCUT2D eigenvalue weighted by molar-refractivity contribution is 7.99. The summed E-state index contributed by atoms with van der Waals surface area (Å²) in [4.78, 5) is 4.51. The Bertz CT molecular complexity index is 554. The maximum atomic E-state index is 5.24. The van der Waals surface area contributed by atoms with Gasteiger partial charge >= 0.3 is 0 Å². The van der Waals surface area contributed by atoms with Gasteiger partial charge in [0, 0.05) is 13.1 Å². The monoisotopic (exact) mass is 232 g/mol. The summed E-state index contributed by atoms with van der Waals surface area (Å²) in [5.41, 5.74) is 2.02. The van der Waals surface area contributed by atoms with Crippen LogP contribution in [0.2, 0.25) is 0 Å². The predicted molar refractivity (Wildman–Crippen MR) is 66.8 cm³/mol. The molecule has 16 heavy (non-hydrogen) atoms. The molecule has 2 rings (SSSR count). The molecule has 1 aromatic carbocycles. The Kier molecular flexibility index (Phi) is 3.07. The number of ether oxygens (including phenoxy) is 1. The number of methoxy groups -OCH3 is 1. The summed E-state index contributed by atoms with van der Waals surface area (Å²) in [6, 6.07) is 5.86. The van der Waals surface area contributed by atoms with Crippen molar-refractivity contribution in [3.8, 4) is 18.1 Å². The number of fused-ring (bicyclic) bond motifs is 1. The van der Waals surface area contributed by atoms with Gasteiger partial charge in [-0.15, -0.1) is 6.42 Å². The lowest BCUT2D eigenvalue weighted by Crippen LogP contribution is -1.90. The molecule has 0 atom stereocenters. The topological polar surface area (TPSA) is 27.1 Å². The SMILES string of the molecule is C#CCSc1nc2cc(OC)ccc2n1C. The fraction of sp³-hybridized carbons (Fsp3) is 0.250. The van der Waals surface area contributed by atoms with Gasteiger partial charge in [-0.3, -0.25) is 0 Å². The second-order valence-electron chi connectivity index (χ2n) is 3.30. The van der Waals surface area contributed by atoms with Gasteiger partial charge in [0.2, 0.25) is 0 Å². The number of nitrogens with zero attached hydrogens (tertiary/aromatic N) is 2.